The predicted octanol–water partition coefficient (Wildman–Crippen LogP) is 2.90. The molecule has 1 fully saturated rings. The maximum Gasteiger partial charge on any atom is 0.244 e. The number of nitrogens with zero attached hydrogens (tertiary/aromatic N) is 3. The Bertz CT molecular complexity index is 880. The Labute approximate surface area is 168 Å². The molecule has 0 saturated carbocycles. The van der Waals surface area contributed by atoms with Crippen molar-refractivity contribution < 1.29 is 13.2 Å². The van der Waals surface area contributed by atoms with Crippen LogP contribution in [0, 0.1) is 5.92 Å². The van der Waals surface area contributed by atoms with Crippen LogP contribution in [0.25, 0.3) is 0 Å². The van der Waals surface area contributed by atoms with Crippen LogP contribution in [0.2, 0.25) is 0 Å². The summed E-state index contributed by atoms with van der Waals surface area (Å²) in [5.41, 5.74) is 1.06. The van der Waals surface area contributed by atoms with Crippen molar-refractivity contribution in [1.29, 1.82) is 0 Å². The van der Waals surface area contributed by atoms with Gasteiger partial charge in [0.25, 0.3) is 0 Å². The Morgan fingerprint density at radius 1 is 1.22 bits per heavy atom. The van der Waals surface area contributed by atoms with Gasteiger partial charge in [-0.15, -0.1) is 0 Å². The van der Waals surface area contributed by atoms with Crippen molar-refractivity contribution in [3.8, 4) is 0 Å². The maximum atomic E-state index is 12.7. The van der Waals surface area contributed by atoms with Crippen LogP contribution in [0.1, 0.15) is 18.4 Å². The molecule has 2 aromatic rings. The smallest absolute Gasteiger partial charge is 0.244 e. The third-order valence-electron chi connectivity index (χ3n) is 4.78. The number of sulfonamides is 1. The first-order valence-electron chi connectivity index (χ1n) is 8.77. The first kappa shape index (κ1) is 20.0. The molecule has 6 nitrogen and oxygen atoms in total. The number of pyridine rings is 1. The molecule has 8 heteroatoms. The van der Waals surface area contributed by atoms with Gasteiger partial charge in [-0.3, -0.25) is 9.78 Å². The first-order valence-corrected chi connectivity index (χ1v) is 11.0. The van der Waals surface area contributed by atoms with Crippen molar-refractivity contribution in [2.75, 3.05) is 20.1 Å². The number of carbonyl (C=O) groups is 1. The highest BCUT2D eigenvalue weighted by Crippen LogP contribution is 2.25. The molecule has 0 radical (unpaired) electrons. The minimum absolute atomic E-state index is 0.0661. The molecule has 2 heterocycles. The summed E-state index contributed by atoms with van der Waals surface area (Å²) in [6.07, 6.45) is 3.97. The van der Waals surface area contributed by atoms with E-state index in [-0.39, 0.29) is 16.7 Å². The highest BCUT2D eigenvalue weighted by molar-refractivity contribution is 9.10. The fraction of sp³-hybridized carbons (Fsp3) is 0.368. The van der Waals surface area contributed by atoms with E-state index in [1.54, 1.807) is 30.3 Å². The molecule has 1 aromatic heterocycles. The highest BCUT2D eigenvalue weighted by atomic mass is 79.9. The molecule has 1 aliphatic heterocycles. The topological polar surface area (TPSA) is 70.6 Å². The average Bonchev–Trinajstić information content (AvgIpc) is 2.70. The number of hydrogen-bond donors (Lipinski definition) is 0. The number of amides is 1. The third kappa shape index (κ3) is 4.75. The van der Waals surface area contributed by atoms with Gasteiger partial charge >= 0.3 is 0 Å². The number of halogens is 1. The van der Waals surface area contributed by atoms with Crippen LogP contribution in [0.15, 0.2) is 58.2 Å². The van der Waals surface area contributed by atoms with Crippen molar-refractivity contribution in [3.05, 3.63) is 58.8 Å². The Balaban J connectivity index is 1.58. The lowest BCUT2D eigenvalue weighted by molar-refractivity contribution is -0.135. The minimum Gasteiger partial charge on any atom is -0.341 e. The van der Waals surface area contributed by atoms with Crippen molar-refractivity contribution in [2.45, 2.75) is 24.3 Å². The van der Waals surface area contributed by atoms with Crippen LogP contribution in [0.4, 0.5) is 0 Å². The summed E-state index contributed by atoms with van der Waals surface area (Å²) >= 11 is 3.40. The SMILES string of the molecule is CN(Cc1ccc(Br)cc1)C(=O)C1CCN(S(=O)(=O)c2cccnc2)CC1. The molecule has 0 N–H and O–H groups in total. The quantitative estimate of drug-likeness (QED) is 0.700. The molecule has 3 rings (SSSR count). The minimum atomic E-state index is -3.54. The van der Waals surface area contributed by atoms with Crippen molar-refractivity contribution in [2.24, 2.45) is 5.92 Å². The second-order valence-corrected chi connectivity index (χ2v) is 9.54. The van der Waals surface area contributed by atoms with Crippen LogP contribution in [0.5, 0.6) is 0 Å². The highest BCUT2D eigenvalue weighted by Gasteiger charge is 2.33. The van der Waals surface area contributed by atoms with Crippen LogP contribution in [-0.2, 0) is 21.4 Å². The van der Waals surface area contributed by atoms with Gasteiger partial charge < -0.3 is 4.90 Å². The standard InChI is InChI=1S/C19H22BrN3O3S/c1-22(14-15-4-6-17(20)7-5-15)19(24)16-8-11-23(12-9-16)27(25,26)18-3-2-10-21-13-18/h2-7,10,13,16H,8-9,11-12,14H2,1H3. The molecular formula is C19H22BrN3O3S. The molecule has 0 aliphatic carbocycles. The van der Waals surface area contributed by atoms with Crippen molar-refractivity contribution in [1.82, 2.24) is 14.2 Å². The number of hydrogen-bond acceptors (Lipinski definition) is 4. The summed E-state index contributed by atoms with van der Waals surface area (Å²) in [4.78, 5) is 18.5. The van der Waals surface area contributed by atoms with Crippen LogP contribution >= 0.6 is 15.9 Å². The van der Waals surface area contributed by atoms with Gasteiger partial charge in [-0.1, -0.05) is 28.1 Å². The Morgan fingerprint density at radius 2 is 1.89 bits per heavy atom. The van der Waals surface area contributed by atoms with Gasteiger partial charge in [0.15, 0.2) is 0 Å². The number of rotatable bonds is 5. The zero-order valence-corrected chi connectivity index (χ0v) is 17.5. The van der Waals surface area contributed by atoms with Gasteiger partial charge in [-0.25, -0.2) is 8.42 Å². The Hall–Kier alpha value is -1.77. The summed E-state index contributed by atoms with van der Waals surface area (Å²) in [5.74, 6) is -0.0814. The number of benzene rings is 1. The van der Waals surface area contributed by atoms with Gasteiger partial charge in [0, 0.05) is 49.5 Å². The van der Waals surface area contributed by atoms with Crippen LogP contribution in [-0.4, -0.2) is 48.7 Å². The van der Waals surface area contributed by atoms with Crippen LogP contribution in [0.3, 0.4) is 0 Å². The largest absolute Gasteiger partial charge is 0.341 e. The van der Waals surface area contributed by atoms with E-state index in [1.165, 1.54) is 10.5 Å². The van der Waals surface area contributed by atoms with E-state index in [1.807, 2.05) is 24.3 Å². The molecule has 0 bridgehead atoms. The van der Waals surface area contributed by atoms with E-state index in [0.29, 0.717) is 32.5 Å². The molecule has 0 spiro atoms. The van der Waals surface area contributed by atoms with E-state index in [4.69, 9.17) is 0 Å². The third-order valence-corrected chi connectivity index (χ3v) is 7.20. The average molecular weight is 452 g/mol. The lowest BCUT2D eigenvalue weighted by Crippen LogP contribution is -2.43. The lowest BCUT2D eigenvalue weighted by Gasteiger charge is -2.32. The Kier molecular flexibility index (Phi) is 6.29. The van der Waals surface area contributed by atoms with Gasteiger partial charge in [0.1, 0.15) is 4.90 Å². The molecule has 0 unspecified atom stereocenters. The second-order valence-electron chi connectivity index (χ2n) is 6.69. The maximum absolute atomic E-state index is 12.7. The molecular weight excluding hydrogens is 430 g/mol. The van der Waals surface area contributed by atoms with Crippen LogP contribution < -0.4 is 0 Å². The van der Waals surface area contributed by atoms with Gasteiger partial charge in [-0.2, -0.15) is 4.31 Å². The molecule has 1 saturated heterocycles. The Morgan fingerprint density at radius 3 is 2.48 bits per heavy atom. The lowest BCUT2D eigenvalue weighted by atomic mass is 9.96. The van der Waals surface area contributed by atoms with E-state index in [0.717, 1.165) is 10.0 Å². The summed E-state index contributed by atoms with van der Waals surface area (Å²) in [5, 5.41) is 0. The summed E-state index contributed by atoms with van der Waals surface area (Å²) in [6, 6.07) is 11.0. The molecule has 27 heavy (non-hydrogen) atoms. The summed E-state index contributed by atoms with van der Waals surface area (Å²) < 4.78 is 27.8. The zero-order chi connectivity index (χ0) is 19.4. The van der Waals surface area contributed by atoms with Gasteiger partial charge in [0.05, 0.1) is 0 Å². The molecule has 144 valence electrons. The second kappa shape index (κ2) is 8.50. The normalized spacial score (nSPS) is 16.2. The molecule has 0 atom stereocenters. The number of piperidine rings is 1. The van der Waals surface area contributed by atoms with Crippen molar-refractivity contribution in [3.63, 3.8) is 0 Å². The predicted molar refractivity (Wildman–Crippen MR) is 106 cm³/mol. The zero-order valence-electron chi connectivity index (χ0n) is 15.1. The van der Waals surface area contributed by atoms with E-state index in [9.17, 15) is 13.2 Å². The van der Waals surface area contributed by atoms with Gasteiger partial charge in [0.2, 0.25) is 15.9 Å². The monoisotopic (exact) mass is 451 g/mol. The summed E-state index contributed by atoms with van der Waals surface area (Å²) in [7, 11) is -1.75. The van der Waals surface area contributed by atoms with E-state index >= 15 is 0 Å². The fourth-order valence-electron chi connectivity index (χ4n) is 3.25. The molecule has 1 amide bonds. The van der Waals surface area contributed by atoms with Crippen molar-refractivity contribution >= 4 is 31.9 Å². The van der Waals surface area contributed by atoms with Gasteiger partial charge in [-0.05, 0) is 42.7 Å². The van der Waals surface area contributed by atoms with E-state index < -0.39 is 10.0 Å². The molecule has 1 aliphatic rings. The first-order chi connectivity index (χ1) is 12.9. The van der Waals surface area contributed by atoms with E-state index in [2.05, 4.69) is 20.9 Å². The number of carbonyl (C=O) groups excluding carboxylic acids is 1. The molecule has 1 aromatic carbocycles. The fourth-order valence-corrected chi connectivity index (χ4v) is 4.94. The number of aromatic nitrogens is 1. The summed E-state index contributed by atoms with van der Waals surface area (Å²) in [6.45, 7) is 1.24.